The van der Waals surface area contributed by atoms with Crippen molar-refractivity contribution in [2.75, 3.05) is 7.05 Å². The number of carbonyl (C=O) groups is 1. The molecule has 0 amide bonds. The second-order valence-corrected chi connectivity index (χ2v) is 6.96. The van der Waals surface area contributed by atoms with Gasteiger partial charge in [0.25, 0.3) is 0 Å². The summed E-state index contributed by atoms with van der Waals surface area (Å²) < 4.78 is 13.6. The van der Waals surface area contributed by atoms with Gasteiger partial charge in [-0.2, -0.15) is 0 Å². The molecule has 0 spiro atoms. The summed E-state index contributed by atoms with van der Waals surface area (Å²) in [5.41, 5.74) is 0.898. The van der Waals surface area contributed by atoms with E-state index in [0.29, 0.717) is 28.8 Å². The van der Waals surface area contributed by atoms with Crippen molar-refractivity contribution >= 4 is 21.7 Å². The van der Waals surface area contributed by atoms with Crippen LogP contribution in [0.5, 0.6) is 0 Å². The third-order valence-corrected chi connectivity index (χ3v) is 5.52. The Morgan fingerprint density at radius 1 is 1.35 bits per heavy atom. The Morgan fingerprint density at radius 3 is 2.60 bits per heavy atom. The highest BCUT2D eigenvalue weighted by atomic mass is 79.9. The molecule has 2 bridgehead atoms. The fraction of sp³-hybridized carbons (Fsp3) is 0.562. The van der Waals surface area contributed by atoms with Crippen molar-refractivity contribution in [2.24, 2.45) is 5.92 Å². The van der Waals surface area contributed by atoms with Crippen LogP contribution in [0, 0.1) is 11.7 Å². The number of Topliss-reactive ketones (excluding diaryl/α,β-unsaturated/α-hetero) is 1. The number of nitrogens with zero attached hydrogens (tertiary/aromatic N) is 1. The fourth-order valence-corrected chi connectivity index (χ4v) is 4.10. The number of piperidine rings is 1. The number of hydrogen-bond acceptors (Lipinski definition) is 2. The molecule has 2 aliphatic rings. The van der Waals surface area contributed by atoms with Crippen LogP contribution in [0.2, 0.25) is 0 Å². The summed E-state index contributed by atoms with van der Waals surface area (Å²) in [6, 6.07) is 6.02. The molecular formula is C16H19BrFNO. The Hall–Kier alpha value is -0.740. The predicted molar refractivity (Wildman–Crippen MR) is 80.1 cm³/mol. The van der Waals surface area contributed by atoms with Crippen molar-refractivity contribution in [3.05, 3.63) is 34.1 Å². The number of fused-ring (bicyclic) bond motifs is 2. The standard InChI is InChI=1S/C16H19BrFNO/c1-19-12-3-4-13(19)9-11(8-12)16(20)7-10-2-5-15(18)14(17)6-10/h2,5-6,11-13H,3-4,7-9H2,1H3. The maximum atomic E-state index is 13.2. The van der Waals surface area contributed by atoms with Crippen LogP contribution in [0.1, 0.15) is 31.2 Å². The molecule has 108 valence electrons. The van der Waals surface area contributed by atoms with Gasteiger partial charge >= 0.3 is 0 Å². The number of ketones is 1. The van der Waals surface area contributed by atoms with Gasteiger partial charge in [0.05, 0.1) is 4.47 Å². The van der Waals surface area contributed by atoms with Gasteiger partial charge in [-0.05, 0) is 66.4 Å². The van der Waals surface area contributed by atoms with E-state index in [4.69, 9.17) is 0 Å². The molecule has 1 aromatic carbocycles. The highest BCUT2D eigenvalue weighted by Crippen LogP contribution is 2.38. The van der Waals surface area contributed by atoms with E-state index in [1.165, 1.54) is 18.9 Å². The largest absolute Gasteiger partial charge is 0.300 e. The van der Waals surface area contributed by atoms with Crippen LogP contribution in [-0.2, 0) is 11.2 Å². The van der Waals surface area contributed by atoms with Crippen molar-refractivity contribution in [1.82, 2.24) is 4.90 Å². The van der Waals surface area contributed by atoms with Crippen molar-refractivity contribution in [3.8, 4) is 0 Å². The minimum Gasteiger partial charge on any atom is -0.300 e. The molecule has 2 saturated heterocycles. The van der Waals surface area contributed by atoms with Crippen LogP contribution in [0.15, 0.2) is 22.7 Å². The van der Waals surface area contributed by atoms with Crippen molar-refractivity contribution in [1.29, 1.82) is 0 Å². The zero-order valence-electron chi connectivity index (χ0n) is 11.6. The number of carbonyl (C=O) groups excluding carboxylic acids is 1. The van der Waals surface area contributed by atoms with E-state index in [9.17, 15) is 9.18 Å². The minimum atomic E-state index is -0.279. The summed E-state index contributed by atoms with van der Waals surface area (Å²) >= 11 is 3.18. The molecule has 2 nitrogen and oxygen atoms in total. The van der Waals surface area contributed by atoms with E-state index in [2.05, 4.69) is 27.9 Å². The lowest BCUT2D eigenvalue weighted by atomic mass is 9.85. The van der Waals surface area contributed by atoms with Crippen LogP contribution in [0.25, 0.3) is 0 Å². The van der Waals surface area contributed by atoms with Crippen LogP contribution in [0.4, 0.5) is 4.39 Å². The molecular weight excluding hydrogens is 321 g/mol. The Balaban J connectivity index is 1.66. The van der Waals surface area contributed by atoms with E-state index < -0.39 is 0 Å². The minimum absolute atomic E-state index is 0.188. The number of hydrogen-bond donors (Lipinski definition) is 0. The van der Waals surface area contributed by atoms with Gasteiger partial charge in [0, 0.05) is 24.4 Å². The summed E-state index contributed by atoms with van der Waals surface area (Å²) in [6.07, 6.45) is 4.87. The molecule has 0 N–H and O–H groups in total. The summed E-state index contributed by atoms with van der Waals surface area (Å²) in [6.45, 7) is 0. The first-order chi connectivity index (χ1) is 9.54. The third-order valence-electron chi connectivity index (χ3n) is 4.92. The summed E-state index contributed by atoms with van der Waals surface area (Å²) in [7, 11) is 2.18. The molecule has 2 aliphatic heterocycles. The van der Waals surface area contributed by atoms with E-state index >= 15 is 0 Å². The van der Waals surface area contributed by atoms with E-state index in [0.717, 1.165) is 18.4 Å². The Labute approximate surface area is 127 Å². The molecule has 1 aromatic rings. The smallest absolute Gasteiger partial charge is 0.140 e. The first-order valence-electron chi connectivity index (χ1n) is 7.23. The van der Waals surface area contributed by atoms with Gasteiger partial charge in [-0.3, -0.25) is 4.79 Å². The summed E-state index contributed by atoms with van der Waals surface area (Å²) in [4.78, 5) is 14.9. The molecule has 2 fully saturated rings. The predicted octanol–water partition coefficient (Wildman–Crippen LogP) is 3.57. The third kappa shape index (κ3) is 2.68. The molecule has 0 aliphatic carbocycles. The quantitative estimate of drug-likeness (QED) is 0.838. The number of rotatable bonds is 3. The zero-order chi connectivity index (χ0) is 14.3. The SMILES string of the molecule is CN1C2CCC1CC(C(=O)Cc1ccc(F)c(Br)c1)C2. The second-order valence-electron chi connectivity index (χ2n) is 6.11. The molecule has 3 rings (SSSR count). The van der Waals surface area contributed by atoms with Crippen molar-refractivity contribution < 1.29 is 9.18 Å². The van der Waals surface area contributed by atoms with Crippen LogP contribution < -0.4 is 0 Å². The van der Waals surface area contributed by atoms with Crippen LogP contribution in [-0.4, -0.2) is 29.8 Å². The van der Waals surface area contributed by atoms with Gasteiger partial charge in [-0.25, -0.2) is 4.39 Å². The van der Waals surface area contributed by atoms with Crippen molar-refractivity contribution in [3.63, 3.8) is 0 Å². The zero-order valence-corrected chi connectivity index (χ0v) is 13.2. The van der Waals surface area contributed by atoms with E-state index in [1.807, 2.05) is 0 Å². The monoisotopic (exact) mass is 339 g/mol. The second kappa shape index (κ2) is 5.57. The van der Waals surface area contributed by atoms with Gasteiger partial charge in [-0.15, -0.1) is 0 Å². The average Bonchev–Trinajstić information content (AvgIpc) is 2.65. The topological polar surface area (TPSA) is 20.3 Å². The molecule has 2 atom stereocenters. The molecule has 0 radical (unpaired) electrons. The average molecular weight is 340 g/mol. The highest BCUT2D eigenvalue weighted by molar-refractivity contribution is 9.10. The van der Waals surface area contributed by atoms with Gasteiger partial charge in [0.2, 0.25) is 0 Å². The molecule has 2 unspecified atom stereocenters. The van der Waals surface area contributed by atoms with Crippen LogP contribution in [0.3, 0.4) is 0 Å². The first-order valence-corrected chi connectivity index (χ1v) is 8.02. The molecule has 0 saturated carbocycles. The van der Waals surface area contributed by atoms with Gasteiger partial charge < -0.3 is 4.90 Å². The Morgan fingerprint density at radius 2 is 2.00 bits per heavy atom. The maximum absolute atomic E-state index is 13.2. The lowest BCUT2D eigenvalue weighted by Crippen LogP contribution is -2.42. The van der Waals surface area contributed by atoms with Gasteiger partial charge in [-0.1, -0.05) is 6.07 Å². The lowest BCUT2D eigenvalue weighted by molar-refractivity contribution is -0.124. The maximum Gasteiger partial charge on any atom is 0.140 e. The number of benzene rings is 1. The Kier molecular flexibility index (Phi) is 3.95. The van der Waals surface area contributed by atoms with Crippen molar-refractivity contribution in [2.45, 2.75) is 44.2 Å². The van der Waals surface area contributed by atoms with Gasteiger partial charge in [0.15, 0.2) is 0 Å². The normalized spacial score (nSPS) is 29.6. The first kappa shape index (κ1) is 14.2. The molecule has 20 heavy (non-hydrogen) atoms. The summed E-state index contributed by atoms with van der Waals surface area (Å²) in [5, 5.41) is 0. The summed E-state index contributed by atoms with van der Waals surface area (Å²) in [5.74, 6) is 0.222. The van der Waals surface area contributed by atoms with E-state index in [1.54, 1.807) is 12.1 Å². The van der Waals surface area contributed by atoms with Crippen LogP contribution >= 0.6 is 15.9 Å². The Bertz CT molecular complexity index is 519. The highest BCUT2D eigenvalue weighted by Gasteiger charge is 2.40. The number of halogens is 2. The fourth-order valence-electron chi connectivity index (χ4n) is 3.67. The van der Waals surface area contributed by atoms with Gasteiger partial charge in [0.1, 0.15) is 11.6 Å². The van der Waals surface area contributed by atoms with E-state index in [-0.39, 0.29) is 11.7 Å². The lowest BCUT2D eigenvalue weighted by Gasteiger charge is -2.35. The molecule has 2 heterocycles. The molecule has 0 aromatic heterocycles. The molecule has 4 heteroatoms.